The van der Waals surface area contributed by atoms with Gasteiger partial charge in [0, 0.05) is 16.3 Å². The lowest BCUT2D eigenvalue weighted by atomic mass is 9.99. The zero-order valence-corrected chi connectivity index (χ0v) is 12.1. The summed E-state index contributed by atoms with van der Waals surface area (Å²) in [7, 11) is 0. The molecule has 1 heterocycles. The number of hydrogen-bond acceptors (Lipinski definition) is 3. The van der Waals surface area contributed by atoms with Gasteiger partial charge in [-0.15, -0.1) is 11.3 Å². The summed E-state index contributed by atoms with van der Waals surface area (Å²) in [5.41, 5.74) is 7.22. The zero-order chi connectivity index (χ0) is 12.5. The van der Waals surface area contributed by atoms with Crippen LogP contribution < -0.4 is 5.73 Å². The monoisotopic (exact) mass is 252 g/mol. The Hall–Kier alpha value is -0.410. The summed E-state index contributed by atoms with van der Waals surface area (Å²) in [6.07, 6.45) is 7.58. The molecule has 0 aliphatic heterocycles. The van der Waals surface area contributed by atoms with Gasteiger partial charge in [-0.25, -0.2) is 4.98 Å². The molecule has 0 radical (unpaired) electrons. The molecule has 3 heteroatoms. The third-order valence-electron chi connectivity index (χ3n) is 3.61. The number of thiazole rings is 1. The van der Waals surface area contributed by atoms with Gasteiger partial charge in [0.05, 0.1) is 10.7 Å². The first kappa shape index (κ1) is 13.0. The normalized spacial score (nSPS) is 17.9. The summed E-state index contributed by atoms with van der Waals surface area (Å²) < 4.78 is 0. The molecule has 96 valence electrons. The summed E-state index contributed by atoms with van der Waals surface area (Å²) in [5.74, 6) is 0.748. The summed E-state index contributed by atoms with van der Waals surface area (Å²) in [6.45, 7) is 6.34. The SMILES string of the molecule is Cc1nc(C2CCCC2)sc1CCC(C)(C)N. The van der Waals surface area contributed by atoms with Gasteiger partial charge in [0.2, 0.25) is 0 Å². The lowest BCUT2D eigenvalue weighted by molar-refractivity contribution is 0.478. The van der Waals surface area contributed by atoms with Crippen LogP contribution in [0.15, 0.2) is 0 Å². The van der Waals surface area contributed by atoms with E-state index in [1.807, 2.05) is 11.3 Å². The van der Waals surface area contributed by atoms with E-state index in [4.69, 9.17) is 10.7 Å². The Labute approximate surface area is 109 Å². The molecule has 1 aromatic heterocycles. The van der Waals surface area contributed by atoms with Crippen molar-refractivity contribution in [2.24, 2.45) is 5.73 Å². The molecule has 0 aromatic carbocycles. The Balaban J connectivity index is 2.03. The van der Waals surface area contributed by atoms with Crippen molar-refractivity contribution in [3.63, 3.8) is 0 Å². The van der Waals surface area contributed by atoms with Gasteiger partial charge in [-0.2, -0.15) is 0 Å². The minimum absolute atomic E-state index is 0.0655. The van der Waals surface area contributed by atoms with Crippen molar-refractivity contribution in [1.82, 2.24) is 4.98 Å². The standard InChI is InChI=1S/C14H24N2S/c1-10-12(8-9-14(2,3)15)17-13(16-10)11-6-4-5-7-11/h11H,4-9,15H2,1-3H3. The molecule has 0 saturated heterocycles. The molecule has 2 nitrogen and oxygen atoms in total. The molecule has 1 fully saturated rings. The van der Waals surface area contributed by atoms with Crippen LogP contribution in [0.2, 0.25) is 0 Å². The first-order chi connectivity index (χ1) is 7.96. The summed E-state index contributed by atoms with van der Waals surface area (Å²) in [6, 6.07) is 0. The highest BCUT2D eigenvalue weighted by atomic mass is 32.1. The molecular weight excluding hydrogens is 228 g/mol. The maximum absolute atomic E-state index is 6.05. The van der Waals surface area contributed by atoms with E-state index in [1.54, 1.807) is 0 Å². The van der Waals surface area contributed by atoms with Crippen molar-refractivity contribution in [3.8, 4) is 0 Å². The third kappa shape index (κ3) is 3.52. The van der Waals surface area contributed by atoms with Crippen LogP contribution in [-0.2, 0) is 6.42 Å². The number of nitrogens with zero attached hydrogens (tertiary/aromatic N) is 1. The van der Waals surface area contributed by atoms with Crippen molar-refractivity contribution < 1.29 is 0 Å². The van der Waals surface area contributed by atoms with Crippen LogP contribution in [0, 0.1) is 6.92 Å². The molecule has 0 spiro atoms. The Kier molecular flexibility index (Phi) is 3.88. The lowest BCUT2D eigenvalue weighted by Crippen LogP contribution is -2.32. The number of rotatable bonds is 4. The van der Waals surface area contributed by atoms with Crippen LogP contribution in [-0.4, -0.2) is 10.5 Å². The highest BCUT2D eigenvalue weighted by Crippen LogP contribution is 2.37. The third-order valence-corrected chi connectivity index (χ3v) is 4.99. The molecule has 0 unspecified atom stereocenters. The molecule has 1 aliphatic carbocycles. The van der Waals surface area contributed by atoms with E-state index in [1.165, 1.54) is 41.3 Å². The Morgan fingerprint density at radius 2 is 2.00 bits per heavy atom. The Bertz CT molecular complexity index is 370. The smallest absolute Gasteiger partial charge is 0.0961 e. The molecule has 0 amide bonds. The topological polar surface area (TPSA) is 38.9 Å². The molecule has 0 atom stereocenters. The van der Waals surface area contributed by atoms with Crippen LogP contribution in [0.4, 0.5) is 0 Å². The van der Waals surface area contributed by atoms with Gasteiger partial charge in [-0.05, 0) is 46.5 Å². The maximum Gasteiger partial charge on any atom is 0.0961 e. The van der Waals surface area contributed by atoms with Gasteiger partial charge < -0.3 is 5.73 Å². The average Bonchev–Trinajstić information content (AvgIpc) is 2.82. The number of hydrogen-bond donors (Lipinski definition) is 1. The predicted octanol–water partition coefficient (Wildman–Crippen LogP) is 3.78. The van der Waals surface area contributed by atoms with Gasteiger partial charge in [0.25, 0.3) is 0 Å². The largest absolute Gasteiger partial charge is 0.326 e. The molecule has 1 aliphatic rings. The molecule has 2 rings (SSSR count). The Morgan fingerprint density at radius 1 is 1.35 bits per heavy atom. The molecule has 17 heavy (non-hydrogen) atoms. The van der Waals surface area contributed by atoms with E-state index in [0.29, 0.717) is 0 Å². The van der Waals surface area contributed by atoms with Crippen LogP contribution in [0.1, 0.15) is 67.4 Å². The second kappa shape index (κ2) is 5.07. The van der Waals surface area contributed by atoms with Crippen molar-refractivity contribution in [3.05, 3.63) is 15.6 Å². The van der Waals surface area contributed by atoms with Gasteiger partial charge in [0.15, 0.2) is 0 Å². The van der Waals surface area contributed by atoms with E-state index in [-0.39, 0.29) is 5.54 Å². The lowest BCUT2D eigenvalue weighted by Gasteiger charge is -2.17. The van der Waals surface area contributed by atoms with E-state index in [9.17, 15) is 0 Å². The fourth-order valence-electron chi connectivity index (χ4n) is 2.47. The fourth-order valence-corrected chi connectivity index (χ4v) is 3.70. The van der Waals surface area contributed by atoms with Crippen molar-refractivity contribution in [2.75, 3.05) is 0 Å². The van der Waals surface area contributed by atoms with Crippen LogP contribution in [0.3, 0.4) is 0 Å². The minimum Gasteiger partial charge on any atom is -0.326 e. The highest BCUT2D eigenvalue weighted by Gasteiger charge is 2.22. The van der Waals surface area contributed by atoms with Crippen LogP contribution in [0.5, 0.6) is 0 Å². The molecular formula is C14H24N2S. The predicted molar refractivity (Wildman–Crippen MR) is 74.6 cm³/mol. The molecule has 0 bridgehead atoms. The second-order valence-electron chi connectivity index (χ2n) is 6.03. The number of aryl methyl sites for hydroxylation is 2. The quantitative estimate of drug-likeness (QED) is 0.885. The number of nitrogens with two attached hydrogens (primary N) is 1. The number of aromatic nitrogens is 1. The molecule has 1 saturated carbocycles. The highest BCUT2D eigenvalue weighted by molar-refractivity contribution is 7.11. The molecule has 2 N–H and O–H groups in total. The minimum atomic E-state index is -0.0655. The zero-order valence-electron chi connectivity index (χ0n) is 11.3. The van der Waals surface area contributed by atoms with Crippen molar-refractivity contribution >= 4 is 11.3 Å². The van der Waals surface area contributed by atoms with Crippen molar-refractivity contribution in [1.29, 1.82) is 0 Å². The molecule has 1 aromatic rings. The second-order valence-corrected chi connectivity index (χ2v) is 7.15. The van der Waals surface area contributed by atoms with Crippen LogP contribution >= 0.6 is 11.3 Å². The van der Waals surface area contributed by atoms with E-state index < -0.39 is 0 Å². The summed E-state index contributed by atoms with van der Waals surface area (Å²) in [4.78, 5) is 6.22. The fraction of sp³-hybridized carbons (Fsp3) is 0.786. The van der Waals surface area contributed by atoms with E-state index >= 15 is 0 Å². The first-order valence-corrected chi connectivity index (χ1v) is 7.52. The van der Waals surface area contributed by atoms with E-state index in [2.05, 4.69) is 20.8 Å². The Morgan fingerprint density at radius 3 is 2.59 bits per heavy atom. The van der Waals surface area contributed by atoms with Gasteiger partial charge in [0.1, 0.15) is 0 Å². The average molecular weight is 252 g/mol. The van der Waals surface area contributed by atoms with E-state index in [0.717, 1.165) is 18.8 Å². The van der Waals surface area contributed by atoms with Gasteiger partial charge in [-0.3, -0.25) is 0 Å². The maximum atomic E-state index is 6.05. The van der Waals surface area contributed by atoms with Gasteiger partial charge >= 0.3 is 0 Å². The summed E-state index contributed by atoms with van der Waals surface area (Å²) >= 11 is 1.93. The first-order valence-electron chi connectivity index (χ1n) is 6.71. The van der Waals surface area contributed by atoms with Crippen molar-refractivity contribution in [2.45, 2.75) is 70.8 Å². The van der Waals surface area contributed by atoms with Crippen LogP contribution in [0.25, 0.3) is 0 Å². The summed E-state index contributed by atoms with van der Waals surface area (Å²) in [5, 5.41) is 1.38. The van der Waals surface area contributed by atoms with Gasteiger partial charge in [-0.1, -0.05) is 12.8 Å².